The molecule has 0 bridgehead atoms. The molecule has 6 aromatic carbocycles. The molecule has 57 heteroatoms. The van der Waals surface area contributed by atoms with E-state index in [0.29, 0.717) is 61.3 Å². The Hall–Kier alpha value is -14.0. The summed E-state index contributed by atoms with van der Waals surface area (Å²) in [6.45, 7) is 13.5. The molecule has 12 aromatic rings. The van der Waals surface area contributed by atoms with Gasteiger partial charge >= 0.3 is 34.9 Å². The molecule has 0 unspecified atom stereocenters. The third-order valence-electron chi connectivity index (χ3n) is 17.9. The van der Waals surface area contributed by atoms with E-state index in [2.05, 4.69) is 123 Å². The molecule has 0 spiro atoms. The highest BCUT2D eigenvalue weighted by molar-refractivity contribution is 7.87. The minimum absolute atomic E-state index is 0.0469. The molecule has 0 saturated carbocycles. The van der Waals surface area contributed by atoms with E-state index < -0.39 is 60.7 Å². The van der Waals surface area contributed by atoms with Crippen LogP contribution in [0.3, 0.4) is 0 Å². The summed E-state index contributed by atoms with van der Waals surface area (Å²) in [5, 5.41) is 123. The zero-order valence-corrected chi connectivity index (χ0v) is 91.8. The second kappa shape index (κ2) is 70.1. The van der Waals surface area contributed by atoms with Crippen molar-refractivity contribution >= 4 is 175 Å². The number of anilines is 6. The Morgan fingerprint density at radius 2 is 0.567 bits per heavy atom. The van der Waals surface area contributed by atoms with Crippen molar-refractivity contribution in [3.8, 4) is 0 Å². The van der Waals surface area contributed by atoms with Crippen LogP contribution < -0.4 is 90.0 Å². The smallest absolute Gasteiger partial charge is 0.353 e. The lowest BCUT2D eigenvalue weighted by molar-refractivity contribution is -0.659. The lowest BCUT2D eigenvalue weighted by Gasteiger charge is -2.22. The molecule has 0 fully saturated rings. The summed E-state index contributed by atoms with van der Waals surface area (Å²) >= 11 is 6.19. The molecule has 816 valence electrons. The molecule has 0 aliphatic rings. The molecule has 12 rings (SSSR count). The van der Waals surface area contributed by atoms with Crippen molar-refractivity contribution in [2.24, 2.45) is 104 Å². The second-order valence-electron chi connectivity index (χ2n) is 31.0. The summed E-state index contributed by atoms with van der Waals surface area (Å²) in [5.41, 5.74) is 25.0. The number of rotatable bonds is 28. The van der Waals surface area contributed by atoms with Gasteiger partial charge in [0.15, 0.2) is 0 Å². The Bertz CT molecular complexity index is 6720. The van der Waals surface area contributed by atoms with E-state index in [9.17, 15) is 50.5 Å². The number of azo groups is 6. The Kier molecular flexibility index (Phi) is 62.7. The minimum Gasteiger partial charge on any atom is -0.707 e. The van der Waals surface area contributed by atoms with E-state index in [0.717, 1.165) is 122 Å². The average molecular weight is 2220 g/mol. The first kappa shape index (κ1) is 134. The number of aromatic nitrogens is 6. The molecule has 6 aromatic heterocycles. The normalized spacial score (nSPS) is 11.1. The maximum absolute atomic E-state index is 9.47. The molecule has 50 nitrogen and oxygen atoms in total. The number of hydrogen-bond acceptors (Lipinski definition) is 44. The van der Waals surface area contributed by atoms with E-state index in [-0.39, 0.29) is 13.2 Å². The van der Waals surface area contributed by atoms with Gasteiger partial charge in [-0.3, -0.25) is 0 Å². The lowest BCUT2D eigenvalue weighted by atomic mass is 10.2. The lowest BCUT2D eigenvalue weighted by Crippen LogP contribution is -2.29. The average Bonchev–Trinajstić information content (AvgIpc) is 0.861. The SMILES string of the molecule is CCN(CC)c1ccc(N=Nc2cccc[n+]2C)cc1.CN(C)c1ccc(N=Nc2cccc[n+]2C)c(Cl)c1.CS(=O)(=O)O[O-].CS(=O)(=O)O[O-].CS(=O)(=O)O[O-].CS(=O)(=O)O[O-].CS(=O)(=O)O[O-].CS(=O)(=O)O[O-].C[n+]1ccccc1N=Nc1ccc(N)cc1.Cc1cc[n+](C)c(N=Nc2ccc(N(CCO)CCO)cc2)c1.Cc1ccc[n+](C)c1N=Nc1ccc(N(C)C)cc1.Cc1ccc[n+](C)c1N=Nc1ccc(N)cc1. The van der Waals surface area contributed by atoms with Gasteiger partial charge < -0.3 is 98.8 Å². The number of pyridine rings is 6. The van der Waals surface area contributed by atoms with Crippen LogP contribution in [0.2, 0.25) is 5.02 Å². The number of aliphatic hydroxyl groups is 2. The van der Waals surface area contributed by atoms with E-state index in [1.165, 1.54) is 5.69 Å². The van der Waals surface area contributed by atoms with Crippen LogP contribution in [-0.4, -0.2) is 166 Å². The first-order valence-corrected chi connectivity index (χ1v) is 54.8. The van der Waals surface area contributed by atoms with Crippen LogP contribution >= 0.6 is 11.6 Å². The van der Waals surface area contributed by atoms with Crippen molar-refractivity contribution < 1.29 is 146 Å². The van der Waals surface area contributed by atoms with Gasteiger partial charge in [-0.15, -0.1) is 0 Å². The van der Waals surface area contributed by atoms with Gasteiger partial charge in [0.1, 0.15) is 34.1 Å². The van der Waals surface area contributed by atoms with E-state index in [1.54, 1.807) is 12.1 Å². The van der Waals surface area contributed by atoms with Crippen LogP contribution in [0, 0.1) is 20.8 Å². The zero-order valence-electron chi connectivity index (χ0n) is 86.2. The van der Waals surface area contributed by atoms with Crippen LogP contribution in [0.5, 0.6) is 0 Å². The summed E-state index contributed by atoms with van der Waals surface area (Å²) in [6, 6.07) is 73.5. The maximum Gasteiger partial charge on any atom is 0.353 e. The van der Waals surface area contributed by atoms with Crippen molar-refractivity contribution in [2.45, 2.75) is 34.6 Å². The second-order valence-corrected chi connectivity index (χ2v) is 40.7. The predicted octanol–water partition coefficient (Wildman–Crippen LogP) is 7.50. The molecule has 6 heterocycles. The third-order valence-corrected chi connectivity index (χ3v) is 19.7. The fourth-order valence-corrected chi connectivity index (χ4v) is 10.7. The van der Waals surface area contributed by atoms with Gasteiger partial charge in [-0.05, 0) is 259 Å². The molecule has 0 aliphatic heterocycles. The topological polar surface area (TPSA) is 676 Å². The number of aryl methyl sites for hydroxylation is 9. The Morgan fingerprint density at radius 3 is 0.840 bits per heavy atom. The number of benzene rings is 6. The Labute approximate surface area is 879 Å². The van der Waals surface area contributed by atoms with Gasteiger partial charge in [-0.1, -0.05) is 29.8 Å². The Morgan fingerprint density at radius 1 is 0.307 bits per heavy atom. The van der Waals surface area contributed by atoms with Crippen molar-refractivity contribution in [2.75, 3.05) is 136 Å². The van der Waals surface area contributed by atoms with Gasteiger partial charge in [0.05, 0.1) is 166 Å². The summed E-state index contributed by atoms with van der Waals surface area (Å²) in [5.74, 6) is 4.93. The highest BCUT2D eigenvalue weighted by atomic mass is 35.5. The van der Waals surface area contributed by atoms with Gasteiger partial charge in [0.2, 0.25) is 0 Å². The van der Waals surface area contributed by atoms with Crippen LogP contribution in [0.4, 0.5) is 103 Å². The molecule has 0 amide bonds. The van der Waals surface area contributed by atoms with Gasteiger partial charge in [0.25, 0.3) is 60.7 Å². The van der Waals surface area contributed by atoms with Crippen LogP contribution in [0.1, 0.15) is 30.5 Å². The third kappa shape index (κ3) is 61.1. The summed E-state index contributed by atoms with van der Waals surface area (Å²) in [6.07, 6.45) is 15.8. The molecule has 0 saturated heterocycles. The maximum atomic E-state index is 9.47. The molecule has 6 N–H and O–H groups in total. The number of halogens is 1. The van der Waals surface area contributed by atoms with Crippen LogP contribution in [0.25, 0.3) is 0 Å². The first-order chi connectivity index (χ1) is 70.3. The Balaban J connectivity index is 0.000000845. The highest BCUT2D eigenvalue weighted by Crippen LogP contribution is 2.31. The number of aliphatic hydroxyl groups excluding tert-OH is 2. The van der Waals surface area contributed by atoms with Crippen LogP contribution in [-0.2, 0) is 129 Å². The van der Waals surface area contributed by atoms with Crippen molar-refractivity contribution in [3.63, 3.8) is 0 Å². The van der Waals surface area contributed by atoms with Crippen molar-refractivity contribution in [1.82, 2.24) is 0 Å². The molecular formula is C93H125ClN24O26S6. The zero-order chi connectivity index (χ0) is 114. The first-order valence-electron chi connectivity index (χ1n) is 43.5. The van der Waals surface area contributed by atoms with E-state index in [4.69, 9.17) is 64.8 Å². The largest absolute Gasteiger partial charge is 0.707 e. The van der Waals surface area contributed by atoms with Crippen molar-refractivity contribution in [1.29, 1.82) is 0 Å². The predicted molar refractivity (Wildman–Crippen MR) is 552 cm³/mol. The number of hydrogen-bond donors (Lipinski definition) is 4. The van der Waals surface area contributed by atoms with Gasteiger partial charge in [-0.2, -0.15) is 0 Å². The van der Waals surface area contributed by atoms with E-state index in [1.807, 2.05) is 372 Å². The van der Waals surface area contributed by atoms with Crippen LogP contribution in [0.15, 0.2) is 329 Å². The molecule has 0 atom stereocenters. The standard InChI is InChI=1S/C17H23N4O2.C16H21N4.C15H19N4.C14H16ClN4.C13H14N4.C12H12N4.6CH4O4S/c1-14-7-8-20(2)17(13-14)19-18-15-3-5-16(6-4-15)21(9-11-22)10-12-23;1-4-20(5-2)15-11-9-14(10-12-15)17-18-16-8-6-7-13-19(16)3;1-12-6-5-11-19(4)15(12)17-16-13-7-9-14(10-8-13)18(2)3;1-18(2)11-7-8-13(12(15)10-11)16-17-14-6-4-5-9-19(14)3;1-10-4-3-9-17(2)13(10)16-15-12-7-5-11(14)6-8-12;1-16-9-3-2-4-12(16)15-14-11-7-5-10(13)6-8-11;6*1-6(3,4)5-2/h3-8,13,22-23H,9-12H2,1-2H3;6-13H,4-5H2,1-3H3;5-11H,1-4H3;4-10H,1-3H3;3-9,14H,1-2H3;2-9,13H,1H3;6*2H,1H3/q4*+1;;;;;;;;/p-4. The quantitative estimate of drug-likeness (QED) is 0.0121. The number of nitrogens with two attached hydrogens (primary N) is 2. The molecule has 150 heavy (non-hydrogen) atoms. The summed E-state index contributed by atoms with van der Waals surface area (Å²) in [4.78, 5) is 8.27. The van der Waals surface area contributed by atoms with Crippen molar-refractivity contribution in [3.05, 3.63) is 289 Å². The minimum atomic E-state index is -3.72. The fourth-order valence-electron chi connectivity index (χ4n) is 10.4. The summed E-state index contributed by atoms with van der Waals surface area (Å²) < 4.78 is 141. The highest BCUT2D eigenvalue weighted by Gasteiger charge is 2.16. The fraction of sp³-hybridized carbons (Fsp3) is 0.290. The molecule has 0 radical (unpaired) electrons. The van der Waals surface area contributed by atoms with E-state index >= 15 is 0 Å². The monoisotopic (exact) mass is 2220 g/mol. The summed E-state index contributed by atoms with van der Waals surface area (Å²) in [7, 11) is -2.68. The molecular weight excluding hydrogens is 2100 g/mol. The van der Waals surface area contributed by atoms with Gasteiger partial charge in [0, 0.05) is 124 Å². The molecule has 0 aliphatic carbocycles. The number of nitrogen functional groups attached to an aromatic ring is 2. The number of nitrogens with zero attached hydrogens (tertiary/aromatic N) is 22. The van der Waals surface area contributed by atoms with Gasteiger partial charge in [-0.25, -0.2) is 77.9 Å².